The molecule has 0 fully saturated rings. The van der Waals surface area contributed by atoms with Crippen LogP contribution in [0.5, 0.6) is 0 Å². The van der Waals surface area contributed by atoms with Crippen molar-refractivity contribution in [2.75, 3.05) is 6.54 Å². The number of carbonyl (C=O) groups excluding carboxylic acids is 1. The number of fused-ring (bicyclic) bond motifs is 2. The summed E-state index contributed by atoms with van der Waals surface area (Å²) in [5, 5.41) is 4.92. The van der Waals surface area contributed by atoms with Crippen LogP contribution in [0.2, 0.25) is 0 Å². The summed E-state index contributed by atoms with van der Waals surface area (Å²) >= 11 is 1.60. The lowest BCUT2D eigenvalue weighted by molar-refractivity contribution is 0.0954. The molecule has 0 atom stereocenters. The first-order valence-corrected chi connectivity index (χ1v) is 7.80. The Morgan fingerprint density at radius 2 is 2.36 bits per heavy atom. The summed E-state index contributed by atoms with van der Waals surface area (Å²) in [4.78, 5) is 24.8. The third-order valence-electron chi connectivity index (χ3n) is 3.49. The Balaban J connectivity index is 1.40. The molecule has 3 aromatic heterocycles. The van der Waals surface area contributed by atoms with Crippen LogP contribution in [0.25, 0.3) is 16.0 Å². The van der Waals surface area contributed by atoms with Crippen molar-refractivity contribution in [3.63, 3.8) is 0 Å². The normalized spacial score (nSPS) is 11.3. The maximum atomic E-state index is 12.2. The molecule has 0 saturated heterocycles. The average Bonchev–Trinajstić information content (AvgIpc) is 3.21. The van der Waals surface area contributed by atoms with Gasteiger partial charge in [-0.2, -0.15) is 0 Å². The van der Waals surface area contributed by atoms with E-state index in [0.29, 0.717) is 18.5 Å². The van der Waals surface area contributed by atoms with Gasteiger partial charge in [-0.05, 0) is 18.2 Å². The number of thiazole rings is 1. The number of aromatic nitrogens is 4. The highest BCUT2D eigenvalue weighted by Crippen LogP contribution is 2.12. The summed E-state index contributed by atoms with van der Waals surface area (Å²) in [5.41, 5.74) is 3.33. The van der Waals surface area contributed by atoms with Crippen molar-refractivity contribution in [1.29, 1.82) is 0 Å². The molecule has 0 radical (unpaired) electrons. The lowest BCUT2D eigenvalue weighted by Gasteiger charge is -2.04. The Morgan fingerprint density at radius 3 is 3.27 bits per heavy atom. The van der Waals surface area contributed by atoms with Crippen LogP contribution in [0.15, 0.2) is 42.3 Å². The van der Waals surface area contributed by atoms with Gasteiger partial charge in [-0.25, -0.2) is 9.97 Å². The number of nitrogens with one attached hydrogen (secondary N) is 2. The Morgan fingerprint density at radius 1 is 1.41 bits per heavy atom. The van der Waals surface area contributed by atoms with Crippen LogP contribution in [0.4, 0.5) is 0 Å². The molecule has 3 heterocycles. The lowest BCUT2D eigenvalue weighted by atomic mass is 10.2. The smallest absolute Gasteiger partial charge is 0.251 e. The van der Waals surface area contributed by atoms with E-state index >= 15 is 0 Å². The number of amides is 1. The molecular formula is C15H13N5OS. The quantitative estimate of drug-likeness (QED) is 0.607. The molecule has 7 heteroatoms. The van der Waals surface area contributed by atoms with Crippen molar-refractivity contribution in [1.82, 2.24) is 24.7 Å². The van der Waals surface area contributed by atoms with Gasteiger partial charge in [0.1, 0.15) is 0 Å². The maximum absolute atomic E-state index is 12.2. The fraction of sp³-hybridized carbons (Fsp3) is 0.133. The minimum absolute atomic E-state index is 0.0856. The number of hydrogen-bond acceptors (Lipinski definition) is 4. The van der Waals surface area contributed by atoms with Crippen LogP contribution in [0, 0.1) is 0 Å². The van der Waals surface area contributed by atoms with Gasteiger partial charge in [0.15, 0.2) is 4.96 Å². The van der Waals surface area contributed by atoms with E-state index in [1.54, 1.807) is 23.7 Å². The molecule has 4 aromatic rings. The van der Waals surface area contributed by atoms with E-state index in [0.717, 1.165) is 21.7 Å². The number of carbonyl (C=O) groups is 1. The van der Waals surface area contributed by atoms with E-state index in [9.17, 15) is 4.79 Å². The third kappa shape index (κ3) is 2.35. The molecule has 0 aliphatic heterocycles. The van der Waals surface area contributed by atoms with Gasteiger partial charge in [0.2, 0.25) is 0 Å². The zero-order valence-electron chi connectivity index (χ0n) is 11.6. The molecule has 1 amide bonds. The van der Waals surface area contributed by atoms with E-state index in [4.69, 9.17) is 0 Å². The van der Waals surface area contributed by atoms with Crippen molar-refractivity contribution < 1.29 is 4.79 Å². The number of nitrogens with zero attached hydrogens (tertiary/aromatic N) is 3. The van der Waals surface area contributed by atoms with E-state index in [1.807, 2.05) is 34.3 Å². The van der Waals surface area contributed by atoms with Crippen molar-refractivity contribution in [2.24, 2.45) is 0 Å². The Hall–Kier alpha value is -2.67. The number of H-pyrrole nitrogens is 1. The van der Waals surface area contributed by atoms with E-state index < -0.39 is 0 Å². The zero-order valence-corrected chi connectivity index (χ0v) is 12.4. The molecule has 6 nitrogen and oxygen atoms in total. The largest absolute Gasteiger partial charge is 0.352 e. The Bertz CT molecular complexity index is 922. The second-order valence-electron chi connectivity index (χ2n) is 4.97. The van der Waals surface area contributed by atoms with Crippen LogP contribution in [0.3, 0.4) is 0 Å². The highest BCUT2D eigenvalue weighted by molar-refractivity contribution is 7.15. The summed E-state index contributed by atoms with van der Waals surface area (Å²) < 4.78 is 1.99. The standard InChI is InChI=1S/C15H13N5OS/c21-14(10-1-2-12-13(7-10)18-9-17-12)16-4-3-11-8-20-5-6-22-15(20)19-11/h1-2,5-9H,3-4H2,(H,16,21)(H,17,18). The fourth-order valence-corrected chi connectivity index (χ4v) is 3.10. The molecule has 0 bridgehead atoms. The van der Waals surface area contributed by atoms with Crippen LogP contribution < -0.4 is 5.32 Å². The minimum atomic E-state index is -0.0856. The fourth-order valence-electron chi connectivity index (χ4n) is 2.38. The van der Waals surface area contributed by atoms with Crippen molar-refractivity contribution in [3.8, 4) is 0 Å². The molecule has 0 unspecified atom stereocenters. The van der Waals surface area contributed by atoms with Gasteiger partial charge in [-0.3, -0.25) is 9.20 Å². The molecule has 110 valence electrons. The molecule has 2 N–H and O–H groups in total. The van der Waals surface area contributed by atoms with Crippen LogP contribution in [-0.4, -0.2) is 31.8 Å². The number of benzene rings is 1. The topological polar surface area (TPSA) is 75.1 Å². The number of aromatic amines is 1. The summed E-state index contributed by atoms with van der Waals surface area (Å²) in [6.07, 6.45) is 6.31. The minimum Gasteiger partial charge on any atom is -0.352 e. The van der Waals surface area contributed by atoms with Gasteiger partial charge >= 0.3 is 0 Å². The monoisotopic (exact) mass is 311 g/mol. The molecule has 0 spiro atoms. The summed E-state index contributed by atoms with van der Waals surface area (Å²) in [6.45, 7) is 0.560. The molecule has 0 aliphatic rings. The van der Waals surface area contributed by atoms with Gasteiger partial charge < -0.3 is 10.3 Å². The molecule has 4 rings (SSSR count). The predicted molar refractivity (Wildman–Crippen MR) is 85.2 cm³/mol. The maximum Gasteiger partial charge on any atom is 0.251 e. The zero-order chi connectivity index (χ0) is 14.9. The van der Waals surface area contributed by atoms with Gasteiger partial charge in [0.05, 0.1) is 23.1 Å². The van der Waals surface area contributed by atoms with Crippen LogP contribution in [-0.2, 0) is 6.42 Å². The first kappa shape index (κ1) is 13.0. The first-order chi connectivity index (χ1) is 10.8. The molecular weight excluding hydrogens is 298 g/mol. The van der Waals surface area contributed by atoms with Gasteiger partial charge in [-0.15, -0.1) is 11.3 Å². The number of imidazole rings is 2. The Kier molecular flexibility index (Phi) is 3.12. The predicted octanol–water partition coefficient (Wildman–Crippen LogP) is 2.24. The average molecular weight is 311 g/mol. The molecule has 22 heavy (non-hydrogen) atoms. The van der Waals surface area contributed by atoms with Crippen LogP contribution >= 0.6 is 11.3 Å². The van der Waals surface area contributed by atoms with Gasteiger partial charge in [0, 0.05) is 36.3 Å². The molecule has 1 aromatic carbocycles. The molecule has 0 saturated carbocycles. The summed E-state index contributed by atoms with van der Waals surface area (Å²) in [7, 11) is 0. The Labute approximate surface area is 129 Å². The second kappa shape index (κ2) is 5.27. The molecule has 0 aliphatic carbocycles. The van der Waals surface area contributed by atoms with Crippen molar-refractivity contribution in [2.45, 2.75) is 6.42 Å². The number of rotatable bonds is 4. The summed E-state index contributed by atoms with van der Waals surface area (Å²) in [6, 6.07) is 5.43. The summed E-state index contributed by atoms with van der Waals surface area (Å²) in [5.74, 6) is -0.0856. The SMILES string of the molecule is O=C(NCCc1cn2ccsc2n1)c1ccc2nc[nH]c2c1. The number of hydrogen-bond donors (Lipinski definition) is 2. The lowest BCUT2D eigenvalue weighted by Crippen LogP contribution is -2.25. The van der Waals surface area contributed by atoms with Gasteiger partial charge in [0.25, 0.3) is 5.91 Å². The van der Waals surface area contributed by atoms with Crippen molar-refractivity contribution in [3.05, 3.63) is 53.6 Å². The van der Waals surface area contributed by atoms with E-state index in [-0.39, 0.29) is 5.91 Å². The van der Waals surface area contributed by atoms with Crippen molar-refractivity contribution >= 4 is 33.2 Å². The van der Waals surface area contributed by atoms with E-state index in [2.05, 4.69) is 20.3 Å². The van der Waals surface area contributed by atoms with E-state index in [1.165, 1.54) is 0 Å². The highest BCUT2D eigenvalue weighted by atomic mass is 32.1. The van der Waals surface area contributed by atoms with Gasteiger partial charge in [-0.1, -0.05) is 0 Å². The third-order valence-corrected chi connectivity index (χ3v) is 4.26. The second-order valence-corrected chi connectivity index (χ2v) is 5.84. The first-order valence-electron chi connectivity index (χ1n) is 6.92. The highest BCUT2D eigenvalue weighted by Gasteiger charge is 2.08. The van der Waals surface area contributed by atoms with Crippen LogP contribution in [0.1, 0.15) is 16.1 Å².